The van der Waals surface area contributed by atoms with Gasteiger partial charge in [-0.1, -0.05) is 23.2 Å². The van der Waals surface area contributed by atoms with Gasteiger partial charge in [0.2, 0.25) is 5.91 Å². The lowest BCUT2D eigenvalue weighted by atomic mass is 9.94. The number of aliphatic carboxylic acids is 1. The first-order valence-electron chi connectivity index (χ1n) is 6.86. The van der Waals surface area contributed by atoms with Crippen molar-refractivity contribution in [3.63, 3.8) is 0 Å². The molecule has 2 unspecified atom stereocenters. The fourth-order valence-corrected chi connectivity index (χ4v) is 3.16. The van der Waals surface area contributed by atoms with Crippen LogP contribution < -0.4 is 0 Å². The van der Waals surface area contributed by atoms with E-state index in [1.54, 1.807) is 30.0 Å². The number of carboxylic acid groups (broad SMARTS) is 1. The summed E-state index contributed by atoms with van der Waals surface area (Å²) in [7, 11) is 0. The van der Waals surface area contributed by atoms with Crippen LogP contribution in [0.2, 0.25) is 10.0 Å². The number of halogens is 2. The minimum absolute atomic E-state index is 0.0840. The minimum Gasteiger partial charge on any atom is -0.481 e. The lowest BCUT2D eigenvalue weighted by Gasteiger charge is -2.32. The first-order valence-corrected chi connectivity index (χ1v) is 7.61. The summed E-state index contributed by atoms with van der Waals surface area (Å²) in [4.78, 5) is 25.2. The summed E-state index contributed by atoms with van der Waals surface area (Å²) < 4.78 is 0. The highest BCUT2D eigenvalue weighted by molar-refractivity contribution is 6.34. The van der Waals surface area contributed by atoms with Crippen LogP contribution in [0.3, 0.4) is 0 Å². The summed E-state index contributed by atoms with van der Waals surface area (Å²) in [5.74, 6) is -1.79. The average molecular weight is 330 g/mol. The molecule has 1 fully saturated rings. The largest absolute Gasteiger partial charge is 0.481 e. The molecule has 1 heterocycles. The second-order valence-corrected chi connectivity index (χ2v) is 6.26. The SMILES string of the molecule is CC(C(=O)N1CCCC(C(=O)O)C1)c1cc(Cl)cc(Cl)c1. The van der Waals surface area contributed by atoms with Gasteiger partial charge in [-0.2, -0.15) is 0 Å². The van der Waals surface area contributed by atoms with Crippen LogP contribution in [-0.4, -0.2) is 35.0 Å². The van der Waals surface area contributed by atoms with Crippen molar-refractivity contribution in [1.82, 2.24) is 4.90 Å². The van der Waals surface area contributed by atoms with E-state index in [1.165, 1.54) is 0 Å². The molecule has 0 saturated carbocycles. The molecule has 1 N–H and O–H groups in total. The number of amides is 1. The van der Waals surface area contributed by atoms with Crippen LogP contribution in [0.1, 0.15) is 31.2 Å². The zero-order valence-electron chi connectivity index (χ0n) is 11.7. The molecule has 0 aromatic heterocycles. The van der Waals surface area contributed by atoms with Crippen molar-refractivity contribution in [1.29, 1.82) is 0 Å². The van der Waals surface area contributed by atoms with Crippen molar-refractivity contribution < 1.29 is 14.7 Å². The van der Waals surface area contributed by atoms with Crippen LogP contribution in [0.4, 0.5) is 0 Å². The number of hydrogen-bond donors (Lipinski definition) is 1. The van der Waals surface area contributed by atoms with Crippen molar-refractivity contribution in [3.05, 3.63) is 33.8 Å². The highest BCUT2D eigenvalue weighted by Gasteiger charge is 2.30. The molecule has 0 aliphatic carbocycles. The number of hydrogen-bond acceptors (Lipinski definition) is 2. The quantitative estimate of drug-likeness (QED) is 0.924. The highest BCUT2D eigenvalue weighted by atomic mass is 35.5. The molecule has 0 spiro atoms. The van der Waals surface area contributed by atoms with Gasteiger partial charge in [-0.15, -0.1) is 0 Å². The summed E-state index contributed by atoms with van der Waals surface area (Å²) in [5.41, 5.74) is 0.745. The van der Waals surface area contributed by atoms with Crippen molar-refractivity contribution in [2.24, 2.45) is 5.92 Å². The number of carbonyl (C=O) groups is 2. The molecule has 21 heavy (non-hydrogen) atoms. The van der Waals surface area contributed by atoms with Crippen LogP contribution >= 0.6 is 23.2 Å². The lowest BCUT2D eigenvalue weighted by Crippen LogP contribution is -2.43. The van der Waals surface area contributed by atoms with Gasteiger partial charge in [0, 0.05) is 23.1 Å². The molecule has 4 nitrogen and oxygen atoms in total. The number of likely N-dealkylation sites (tertiary alicyclic amines) is 1. The molecular weight excluding hydrogens is 313 g/mol. The summed E-state index contributed by atoms with van der Waals surface area (Å²) >= 11 is 11.9. The Labute approximate surface area is 133 Å². The van der Waals surface area contributed by atoms with Crippen LogP contribution in [0.5, 0.6) is 0 Å². The Bertz CT molecular complexity index is 542. The standard InChI is InChI=1S/C15H17Cl2NO3/c1-9(11-5-12(16)7-13(17)6-11)14(19)18-4-2-3-10(8-18)15(20)21/h5-7,9-10H,2-4,8H2,1H3,(H,20,21). The van der Waals surface area contributed by atoms with Crippen molar-refractivity contribution in [3.8, 4) is 0 Å². The third-order valence-corrected chi connectivity index (χ3v) is 4.27. The normalized spacial score (nSPS) is 20.1. The van der Waals surface area contributed by atoms with Gasteiger partial charge < -0.3 is 10.0 Å². The van der Waals surface area contributed by atoms with E-state index < -0.39 is 17.8 Å². The maximum atomic E-state index is 12.5. The Morgan fingerprint density at radius 3 is 2.48 bits per heavy atom. The first-order chi connectivity index (χ1) is 9.88. The zero-order chi connectivity index (χ0) is 15.6. The molecular formula is C15H17Cl2NO3. The third-order valence-electron chi connectivity index (χ3n) is 3.84. The highest BCUT2D eigenvalue weighted by Crippen LogP contribution is 2.27. The minimum atomic E-state index is -0.842. The molecule has 1 aliphatic rings. The molecule has 1 amide bonds. The zero-order valence-corrected chi connectivity index (χ0v) is 13.2. The Morgan fingerprint density at radius 2 is 1.90 bits per heavy atom. The van der Waals surface area contributed by atoms with Gasteiger partial charge in [0.1, 0.15) is 0 Å². The fourth-order valence-electron chi connectivity index (χ4n) is 2.62. The molecule has 1 aromatic carbocycles. The summed E-state index contributed by atoms with van der Waals surface area (Å²) in [5, 5.41) is 10.1. The molecule has 0 radical (unpaired) electrons. The molecule has 1 aliphatic heterocycles. The number of carboxylic acids is 1. The number of rotatable bonds is 3. The van der Waals surface area contributed by atoms with E-state index in [0.717, 1.165) is 5.56 Å². The van der Waals surface area contributed by atoms with Gasteiger partial charge in [-0.3, -0.25) is 9.59 Å². The van der Waals surface area contributed by atoms with Gasteiger partial charge in [0.25, 0.3) is 0 Å². The summed E-state index contributed by atoms with van der Waals surface area (Å²) in [6.07, 6.45) is 1.34. The van der Waals surface area contributed by atoms with E-state index in [0.29, 0.717) is 29.4 Å². The van der Waals surface area contributed by atoms with Gasteiger partial charge in [0.05, 0.1) is 11.8 Å². The third kappa shape index (κ3) is 3.89. The Hall–Kier alpha value is -1.26. The van der Waals surface area contributed by atoms with Gasteiger partial charge >= 0.3 is 5.97 Å². The molecule has 2 atom stereocenters. The van der Waals surface area contributed by atoms with E-state index in [1.807, 2.05) is 0 Å². The molecule has 1 saturated heterocycles. The van der Waals surface area contributed by atoms with Crippen LogP contribution in [0.15, 0.2) is 18.2 Å². The number of piperidine rings is 1. The Balaban J connectivity index is 2.13. The average Bonchev–Trinajstić information content (AvgIpc) is 2.44. The number of benzene rings is 1. The predicted octanol–water partition coefficient (Wildman–Crippen LogP) is 3.42. The number of nitrogens with zero attached hydrogens (tertiary/aromatic N) is 1. The van der Waals surface area contributed by atoms with E-state index in [2.05, 4.69) is 0 Å². The lowest BCUT2D eigenvalue weighted by molar-refractivity contribution is -0.146. The van der Waals surface area contributed by atoms with Gasteiger partial charge in [0.15, 0.2) is 0 Å². The molecule has 1 aromatic rings. The topological polar surface area (TPSA) is 57.6 Å². The van der Waals surface area contributed by atoms with Crippen molar-refractivity contribution in [2.45, 2.75) is 25.7 Å². The van der Waals surface area contributed by atoms with Gasteiger partial charge in [-0.25, -0.2) is 0 Å². The monoisotopic (exact) mass is 329 g/mol. The summed E-state index contributed by atoms with van der Waals surface area (Å²) in [6, 6.07) is 5.05. The molecule has 114 valence electrons. The molecule has 6 heteroatoms. The van der Waals surface area contributed by atoms with E-state index in [-0.39, 0.29) is 12.5 Å². The van der Waals surface area contributed by atoms with Crippen LogP contribution in [0, 0.1) is 5.92 Å². The van der Waals surface area contributed by atoms with Crippen molar-refractivity contribution in [2.75, 3.05) is 13.1 Å². The van der Waals surface area contributed by atoms with Crippen molar-refractivity contribution >= 4 is 35.1 Å². The second-order valence-electron chi connectivity index (χ2n) is 5.39. The molecule has 0 bridgehead atoms. The summed E-state index contributed by atoms with van der Waals surface area (Å²) in [6.45, 7) is 2.66. The maximum absolute atomic E-state index is 12.5. The number of carbonyl (C=O) groups excluding carboxylic acids is 1. The Morgan fingerprint density at radius 1 is 1.29 bits per heavy atom. The van der Waals surface area contributed by atoms with Crippen LogP contribution in [-0.2, 0) is 9.59 Å². The molecule has 2 rings (SSSR count). The fraction of sp³-hybridized carbons (Fsp3) is 0.467. The van der Waals surface area contributed by atoms with E-state index in [4.69, 9.17) is 28.3 Å². The Kier molecular flexibility index (Phi) is 5.12. The first kappa shape index (κ1) is 16.1. The van der Waals surface area contributed by atoms with E-state index in [9.17, 15) is 9.59 Å². The van der Waals surface area contributed by atoms with E-state index >= 15 is 0 Å². The second kappa shape index (κ2) is 6.67. The van der Waals surface area contributed by atoms with Crippen LogP contribution in [0.25, 0.3) is 0 Å². The van der Waals surface area contributed by atoms with Gasteiger partial charge in [-0.05, 0) is 43.5 Å². The maximum Gasteiger partial charge on any atom is 0.308 e. The smallest absolute Gasteiger partial charge is 0.308 e. The predicted molar refractivity (Wildman–Crippen MR) is 81.8 cm³/mol.